The van der Waals surface area contributed by atoms with Crippen molar-refractivity contribution < 1.29 is 29.0 Å². The summed E-state index contributed by atoms with van der Waals surface area (Å²) in [6, 6.07) is 31.0. The number of allylic oxidation sites excluding steroid dienone is 1. The van der Waals surface area contributed by atoms with Crippen molar-refractivity contribution in [2.75, 3.05) is 50.8 Å². The predicted molar refractivity (Wildman–Crippen MR) is 228 cm³/mol. The number of imide groups is 2. The van der Waals surface area contributed by atoms with E-state index in [0.29, 0.717) is 29.7 Å². The Labute approximate surface area is 346 Å². The lowest BCUT2D eigenvalue weighted by Gasteiger charge is -2.37. The number of hydrogen-bond donors (Lipinski definition) is 3. The highest BCUT2D eigenvalue weighted by Gasteiger charge is 2.45. The molecule has 4 aromatic carbocycles. The van der Waals surface area contributed by atoms with E-state index in [4.69, 9.17) is 4.74 Å². The van der Waals surface area contributed by atoms with Crippen LogP contribution in [0.5, 0.6) is 11.5 Å². The maximum atomic E-state index is 13.4. The number of ether oxygens (including phenoxy) is 1. The first-order chi connectivity index (χ1) is 28.7. The van der Waals surface area contributed by atoms with Gasteiger partial charge in [-0.1, -0.05) is 61.5 Å². The number of hydrogen-bond acceptors (Lipinski definition) is 9. The molecule has 3 N–H and O–H groups in total. The SMILES string of the molecule is CCC(=C(c1ccc(O)cc1)c1ccc(OCCN2CCC(CN[C@H]3CCCN(c4ccc5c(c4)C(=O)N(C4CCC(=O)NC4=O)C5=O)C3)CC2)cc1)c1ccccc1. The van der Waals surface area contributed by atoms with Gasteiger partial charge in [-0.05, 0) is 134 Å². The highest BCUT2D eigenvalue weighted by atomic mass is 16.5. The van der Waals surface area contributed by atoms with Crippen LogP contribution in [-0.2, 0) is 9.59 Å². The van der Waals surface area contributed by atoms with Gasteiger partial charge < -0.3 is 20.1 Å². The van der Waals surface area contributed by atoms with Crippen molar-refractivity contribution in [2.24, 2.45) is 5.92 Å². The largest absolute Gasteiger partial charge is 0.508 e. The molecule has 4 aromatic rings. The summed E-state index contributed by atoms with van der Waals surface area (Å²) in [7, 11) is 0. The second-order valence-electron chi connectivity index (χ2n) is 16.1. The van der Waals surface area contributed by atoms with Gasteiger partial charge >= 0.3 is 0 Å². The molecule has 4 amide bonds. The van der Waals surface area contributed by atoms with Crippen LogP contribution in [0.1, 0.15) is 89.3 Å². The number of phenolic OH excluding ortho intramolecular Hbond substituents is 1. The zero-order valence-electron chi connectivity index (χ0n) is 33.7. The Hall–Kier alpha value is -5.78. The van der Waals surface area contributed by atoms with E-state index in [9.17, 15) is 24.3 Å². The summed E-state index contributed by atoms with van der Waals surface area (Å²) < 4.78 is 6.24. The van der Waals surface area contributed by atoms with Gasteiger partial charge in [-0.3, -0.25) is 34.3 Å². The third-order valence-corrected chi connectivity index (χ3v) is 12.4. The van der Waals surface area contributed by atoms with Crippen LogP contribution in [0.2, 0.25) is 0 Å². The van der Waals surface area contributed by atoms with Crippen LogP contribution in [-0.4, -0.2) is 96.5 Å². The van der Waals surface area contributed by atoms with Crippen LogP contribution in [0.15, 0.2) is 97.1 Å². The van der Waals surface area contributed by atoms with Crippen LogP contribution in [0.25, 0.3) is 11.1 Å². The normalized spacial score (nSPS) is 20.7. The van der Waals surface area contributed by atoms with Gasteiger partial charge in [0.15, 0.2) is 0 Å². The van der Waals surface area contributed by atoms with Crippen LogP contribution in [0, 0.1) is 5.92 Å². The molecule has 8 rings (SSSR count). The molecule has 4 heterocycles. The van der Waals surface area contributed by atoms with Crippen molar-refractivity contribution in [2.45, 2.75) is 64.0 Å². The molecule has 1 unspecified atom stereocenters. The van der Waals surface area contributed by atoms with Gasteiger partial charge in [0.1, 0.15) is 24.1 Å². The molecule has 0 saturated carbocycles. The number of carbonyl (C=O) groups is 4. The number of anilines is 1. The fourth-order valence-corrected chi connectivity index (χ4v) is 9.10. The van der Waals surface area contributed by atoms with Gasteiger partial charge in [0.05, 0.1) is 11.1 Å². The smallest absolute Gasteiger partial charge is 0.262 e. The lowest BCUT2D eigenvalue weighted by atomic mass is 9.88. The number of likely N-dealkylation sites (tertiary alicyclic amines) is 1. The Morgan fingerprint density at radius 3 is 2.22 bits per heavy atom. The molecule has 0 radical (unpaired) electrons. The number of nitrogens with one attached hydrogen (secondary N) is 2. The van der Waals surface area contributed by atoms with Gasteiger partial charge in [0, 0.05) is 37.8 Å². The van der Waals surface area contributed by atoms with E-state index < -0.39 is 23.8 Å². The zero-order chi connectivity index (χ0) is 40.9. The topological polar surface area (TPSA) is 132 Å². The second-order valence-corrected chi connectivity index (χ2v) is 16.1. The highest BCUT2D eigenvalue weighted by Crippen LogP contribution is 2.36. The minimum absolute atomic E-state index is 0.0993. The fraction of sp³-hybridized carbons (Fsp3) is 0.375. The van der Waals surface area contributed by atoms with Gasteiger partial charge in [-0.25, -0.2) is 0 Å². The Morgan fingerprint density at radius 1 is 0.797 bits per heavy atom. The van der Waals surface area contributed by atoms with Gasteiger partial charge in [-0.2, -0.15) is 0 Å². The van der Waals surface area contributed by atoms with Crippen molar-refractivity contribution in [3.63, 3.8) is 0 Å². The van der Waals surface area contributed by atoms with E-state index in [1.54, 1.807) is 24.3 Å². The molecule has 0 spiro atoms. The van der Waals surface area contributed by atoms with Gasteiger partial charge in [-0.15, -0.1) is 0 Å². The average molecular weight is 796 g/mol. The van der Waals surface area contributed by atoms with Crippen LogP contribution in [0.3, 0.4) is 0 Å². The number of phenols is 1. The molecule has 11 nitrogen and oxygen atoms in total. The Kier molecular flexibility index (Phi) is 12.2. The number of rotatable bonds is 13. The molecule has 0 bridgehead atoms. The average Bonchev–Trinajstić information content (AvgIpc) is 3.51. The van der Waals surface area contributed by atoms with Crippen LogP contribution in [0.4, 0.5) is 5.69 Å². The first kappa shape index (κ1) is 40.0. The van der Waals surface area contributed by atoms with Crippen molar-refractivity contribution >= 4 is 40.5 Å². The van der Waals surface area contributed by atoms with Crippen molar-refractivity contribution in [1.29, 1.82) is 0 Å². The summed E-state index contributed by atoms with van der Waals surface area (Å²) in [5.74, 6) is -0.221. The number of benzene rings is 4. The van der Waals surface area contributed by atoms with E-state index in [2.05, 4.69) is 75.9 Å². The Bertz CT molecular complexity index is 2200. The van der Waals surface area contributed by atoms with Gasteiger partial charge in [0.25, 0.3) is 11.8 Å². The lowest BCUT2D eigenvalue weighted by Crippen LogP contribution is -2.54. The Morgan fingerprint density at radius 2 is 1.51 bits per heavy atom. The quantitative estimate of drug-likeness (QED) is 0.102. The second kappa shape index (κ2) is 18.0. The third kappa shape index (κ3) is 8.96. The van der Waals surface area contributed by atoms with Crippen LogP contribution >= 0.6 is 0 Å². The monoisotopic (exact) mass is 795 g/mol. The molecule has 0 aliphatic carbocycles. The summed E-state index contributed by atoms with van der Waals surface area (Å²) >= 11 is 0. The van der Waals surface area contributed by atoms with Crippen molar-refractivity contribution in [3.8, 4) is 11.5 Å². The minimum atomic E-state index is -0.966. The summed E-state index contributed by atoms with van der Waals surface area (Å²) in [6.45, 7) is 8.43. The molecule has 0 aromatic heterocycles. The summed E-state index contributed by atoms with van der Waals surface area (Å²) in [4.78, 5) is 56.5. The maximum absolute atomic E-state index is 13.4. The molecule has 4 aliphatic rings. The van der Waals surface area contributed by atoms with E-state index in [0.717, 1.165) is 104 Å². The van der Waals surface area contributed by atoms with Crippen molar-refractivity contribution in [3.05, 3.63) is 125 Å². The molecule has 3 saturated heterocycles. The molecule has 2 atom stereocenters. The van der Waals surface area contributed by atoms with E-state index >= 15 is 0 Å². The number of carbonyl (C=O) groups excluding carboxylic acids is 4. The predicted octanol–water partition coefficient (Wildman–Crippen LogP) is 6.51. The minimum Gasteiger partial charge on any atom is -0.508 e. The lowest BCUT2D eigenvalue weighted by molar-refractivity contribution is -0.136. The molecular weight excluding hydrogens is 743 g/mol. The van der Waals surface area contributed by atoms with E-state index in [-0.39, 0.29) is 24.5 Å². The highest BCUT2D eigenvalue weighted by molar-refractivity contribution is 6.23. The first-order valence-corrected chi connectivity index (χ1v) is 21.1. The van der Waals surface area contributed by atoms with E-state index in [1.165, 1.54) is 11.1 Å². The molecule has 11 heteroatoms. The molecular formula is C48H53N5O6. The fourth-order valence-electron chi connectivity index (χ4n) is 9.10. The van der Waals surface area contributed by atoms with Crippen molar-refractivity contribution in [1.82, 2.24) is 20.4 Å². The Balaban J connectivity index is 0.794. The number of aromatic hydroxyl groups is 1. The molecule has 59 heavy (non-hydrogen) atoms. The van der Waals surface area contributed by atoms with Crippen LogP contribution < -0.4 is 20.3 Å². The maximum Gasteiger partial charge on any atom is 0.262 e. The first-order valence-electron chi connectivity index (χ1n) is 21.1. The standard InChI is InChI=1S/C48H53N5O6/c1-2-40(33-7-4-3-5-8-33)45(34-10-15-38(54)16-11-34)35-12-17-39(18-13-35)59-28-27-51-25-22-32(23-26-51)30-49-36-9-6-24-52(31-36)37-14-19-41-42(29-37)48(58)53(47(41)57)43-20-21-44(55)50-46(43)56/h3-5,7-8,10-19,29,32,36,43,49,54H,2,6,9,20-28,30-31H2,1H3,(H,50,55,56)/t36-,43?/m0/s1. The molecule has 3 fully saturated rings. The number of nitrogens with zero attached hydrogens (tertiary/aromatic N) is 3. The molecule has 306 valence electrons. The van der Waals surface area contributed by atoms with E-state index in [1.807, 2.05) is 24.3 Å². The summed E-state index contributed by atoms with van der Waals surface area (Å²) in [6.07, 6.45) is 5.49. The third-order valence-electron chi connectivity index (χ3n) is 12.4. The molecule has 4 aliphatic heterocycles. The summed E-state index contributed by atoms with van der Waals surface area (Å²) in [5.41, 5.74) is 7.29. The number of fused-ring (bicyclic) bond motifs is 1. The number of piperidine rings is 3. The number of amides is 4. The van der Waals surface area contributed by atoms with Gasteiger partial charge in [0.2, 0.25) is 11.8 Å². The zero-order valence-corrected chi connectivity index (χ0v) is 33.7. The summed E-state index contributed by atoms with van der Waals surface area (Å²) in [5, 5.41) is 16.1.